The highest BCUT2D eigenvalue weighted by Crippen LogP contribution is 2.43. The number of nitrogens with zero attached hydrogens (tertiary/aromatic N) is 2. The van der Waals surface area contributed by atoms with Gasteiger partial charge >= 0.3 is 12.1 Å². The second-order valence-corrected chi connectivity index (χ2v) is 9.80. The standard InChI is InChI=1S/C24H31F4N3O4/c1-35-13-16-11-31(22(34)23(25)6-7-29-14-23)12-19(16)18-3-2-17(24(26,27)28)10-20(18)30-8-4-15(5-9-30)21(32)33/h2-3,10,15-16,19,29H,4-9,11-14H2,1H3,(H,32,33)/t16-,19?,23-/m1/s1. The fourth-order valence-electron chi connectivity index (χ4n) is 5.57. The van der Waals surface area contributed by atoms with Crippen molar-refractivity contribution in [2.45, 2.75) is 37.0 Å². The lowest BCUT2D eigenvalue weighted by Gasteiger charge is -2.35. The Morgan fingerprint density at radius 2 is 1.94 bits per heavy atom. The van der Waals surface area contributed by atoms with Crippen LogP contribution in [0.3, 0.4) is 0 Å². The van der Waals surface area contributed by atoms with Crippen LogP contribution in [0.5, 0.6) is 0 Å². The number of hydrogen-bond acceptors (Lipinski definition) is 5. The number of piperidine rings is 1. The van der Waals surface area contributed by atoms with E-state index in [0.717, 1.165) is 12.1 Å². The minimum atomic E-state index is -4.54. The largest absolute Gasteiger partial charge is 0.481 e. The molecule has 3 aliphatic heterocycles. The zero-order chi connectivity index (χ0) is 25.4. The summed E-state index contributed by atoms with van der Waals surface area (Å²) in [5.41, 5.74) is -1.73. The van der Waals surface area contributed by atoms with Gasteiger partial charge in [0, 0.05) is 63.8 Å². The van der Waals surface area contributed by atoms with Crippen molar-refractivity contribution in [2.75, 3.05) is 57.9 Å². The zero-order valence-corrected chi connectivity index (χ0v) is 19.6. The van der Waals surface area contributed by atoms with Gasteiger partial charge in [0.25, 0.3) is 5.91 Å². The van der Waals surface area contributed by atoms with Crippen LogP contribution < -0.4 is 10.2 Å². The summed E-state index contributed by atoms with van der Waals surface area (Å²) >= 11 is 0. The summed E-state index contributed by atoms with van der Waals surface area (Å²) in [5, 5.41) is 12.2. The molecule has 7 nitrogen and oxygen atoms in total. The fourth-order valence-corrected chi connectivity index (χ4v) is 5.57. The van der Waals surface area contributed by atoms with Gasteiger partial charge in [-0.3, -0.25) is 9.59 Å². The molecule has 0 bridgehead atoms. The van der Waals surface area contributed by atoms with Gasteiger partial charge < -0.3 is 25.0 Å². The normalized spacial score (nSPS) is 28.0. The van der Waals surface area contributed by atoms with Crippen LogP contribution in [-0.4, -0.2) is 80.5 Å². The van der Waals surface area contributed by atoms with Gasteiger partial charge in [0.2, 0.25) is 5.67 Å². The highest BCUT2D eigenvalue weighted by molar-refractivity contribution is 5.86. The molecule has 35 heavy (non-hydrogen) atoms. The number of amides is 1. The molecule has 1 amide bonds. The van der Waals surface area contributed by atoms with Crippen molar-refractivity contribution in [2.24, 2.45) is 11.8 Å². The minimum absolute atomic E-state index is 0.0496. The van der Waals surface area contributed by atoms with E-state index in [1.54, 1.807) is 4.90 Å². The third-order valence-corrected chi connectivity index (χ3v) is 7.54. The Balaban J connectivity index is 1.66. The van der Waals surface area contributed by atoms with Crippen molar-refractivity contribution in [3.8, 4) is 0 Å². The summed E-state index contributed by atoms with van der Waals surface area (Å²) in [6.07, 6.45) is -3.78. The molecule has 1 aromatic carbocycles. The Bertz CT molecular complexity index is 943. The maximum atomic E-state index is 15.2. The molecular formula is C24H31F4N3O4. The summed E-state index contributed by atoms with van der Waals surface area (Å²) in [5.74, 6) is -2.58. The van der Waals surface area contributed by atoms with Crippen molar-refractivity contribution < 1.29 is 37.0 Å². The number of rotatable bonds is 6. The Morgan fingerprint density at radius 1 is 1.23 bits per heavy atom. The molecule has 3 aliphatic rings. The molecule has 3 saturated heterocycles. The number of carboxylic acids is 1. The number of carbonyl (C=O) groups is 2. The highest BCUT2D eigenvalue weighted by atomic mass is 19.4. The van der Waals surface area contributed by atoms with E-state index in [4.69, 9.17) is 4.74 Å². The second kappa shape index (κ2) is 9.93. The number of ether oxygens (including phenoxy) is 1. The van der Waals surface area contributed by atoms with Gasteiger partial charge in [-0.15, -0.1) is 0 Å². The molecule has 1 aromatic rings. The number of aliphatic carboxylic acids is 1. The molecule has 11 heteroatoms. The van der Waals surface area contributed by atoms with Gasteiger partial charge in [0.15, 0.2) is 0 Å². The van der Waals surface area contributed by atoms with Crippen LogP contribution >= 0.6 is 0 Å². The number of nitrogens with one attached hydrogen (secondary N) is 1. The predicted octanol–water partition coefficient (Wildman–Crippen LogP) is 2.90. The number of benzene rings is 1. The van der Waals surface area contributed by atoms with Crippen LogP contribution in [0.25, 0.3) is 0 Å². The first-order valence-electron chi connectivity index (χ1n) is 11.9. The summed E-state index contributed by atoms with van der Waals surface area (Å²) in [4.78, 5) is 27.7. The van der Waals surface area contributed by atoms with Crippen molar-refractivity contribution in [1.29, 1.82) is 0 Å². The summed E-state index contributed by atoms with van der Waals surface area (Å²) in [7, 11) is 1.52. The summed E-state index contributed by atoms with van der Waals surface area (Å²) in [6, 6.07) is 3.60. The number of alkyl halides is 4. The molecule has 4 rings (SSSR count). The van der Waals surface area contributed by atoms with E-state index in [1.807, 2.05) is 0 Å². The Kier molecular flexibility index (Phi) is 7.28. The van der Waals surface area contributed by atoms with E-state index in [0.29, 0.717) is 43.7 Å². The zero-order valence-electron chi connectivity index (χ0n) is 19.6. The molecule has 3 heterocycles. The minimum Gasteiger partial charge on any atom is -0.481 e. The molecule has 2 N–H and O–H groups in total. The SMILES string of the molecule is COC[C@H]1CN(C(=O)[C@@]2(F)CCNC2)CC1c1ccc(C(F)(F)F)cc1N1CCC(C(=O)O)CC1. The van der Waals surface area contributed by atoms with Crippen LogP contribution in [-0.2, 0) is 20.5 Å². The first-order valence-corrected chi connectivity index (χ1v) is 11.9. The fraction of sp³-hybridized carbons (Fsp3) is 0.667. The number of halogens is 4. The van der Waals surface area contributed by atoms with Gasteiger partial charge in [0.05, 0.1) is 18.1 Å². The number of hydrogen-bond donors (Lipinski definition) is 2. The number of carbonyl (C=O) groups excluding carboxylic acids is 1. The molecule has 0 spiro atoms. The quantitative estimate of drug-likeness (QED) is 0.584. The van der Waals surface area contributed by atoms with Gasteiger partial charge in [-0.2, -0.15) is 13.2 Å². The van der Waals surface area contributed by atoms with Gasteiger partial charge in [-0.05, 0) is 37.1 Å². The third-order valence-electron chi connectivity index (χ3n) is 7.54. The molecule has 194 valence electrons. The number of anilines is 1. The smallest absolute Gasteiger partial charge is 0.416 e. The lowest BCUT2D eigenvalue weighted by Crippen LogP contribution is -2.46. The summed E-state index contributed by atoms with van der Waals surface area (Å²) in [6.45, 7) is 1.70. The van der Waals surface area contributed by atoms with Crippen molar-refractivity contribution in [1.82, 2.24) is 10.2 Å². The molecule has 0 radical (unpaired) electrons. The second-order valence-electron chi connectivity index (χ2n) is 9.80. The summed E-state index contributed by atoms with van der Waals surface area (Å²) < 4.78 is 61.3. The van der Waals surface area contributed by atoms with Gasteiger partial charge in [-0.1, -0.05) is 6.07 Å². The van der Waals surface area contributed by atoms with E-state index < -0.39 is 35.2 Å². The molecule has 0 aromatic heterocycles. The monoisotopic (exact) mass is 501 g/mol. The third kappa shape index (κ3) is 5.25. The van der Waals surface area contributed by atoms with Gasteiger partial charge in [-0.25, -0.2) is 4.39 Å². The molecule has 0 saturated carbocycles. The van der Waals surface area contributed by atoms with Gasteiger partial charge in [0.1, 0.15) is 0 Å². The maximum Gasteiger partial charge on any atom is 0.416 e. The Hall–Kier alpha value is -2.40. The Morgan fingerprint density at radius 3 is 2.51 bits per heavy atom. The van der Waals surface area contributed by atoms with E-state index in [9.17, 15) is 27.9 Å². The molecule has 0 aliphatic carbocycles. The van der Waals surface area contributed by atoms with Crippen LogP contribution in [0.15, 0.2) is 18.2 Å². The average Bonchev–Trinajstić information content (AvgIpc) is 3.45. The number of methoxy groups -OCH3 is 1. The first kappa shape index (κ1) is 25.7. The van der Waals surface area contributed by atoms with Crippen LogP contribution in [0.1, 0.15) is 36.3 Å². The lowest BCUT2D eigenvalue weighted by atomic mass is 9.86. The average molecular weight is 502 g/mol. The van der Waals surface area contributed by atoms with E-state index in [-0.39, 0.29) is 44.5 Å². The molecule has 3 atom stereocenters. The van der Waals surface area contributed by atoms with E-state index in [2.05, 4.69) is 5.32 Å². The van der Waals surface area contributed by atoms with Crippen molar-refractivity contribution >= 4 is 17.6 Å². The van der Waals surface area contributed by atoms with Crippen LogP contribution in [0.4, 0.5) is 23.2 Å². The Labute approximate surface area is 201 Å². The molecule has 3 fully saturated rings. The van der Waals surface area contributed by atoms with Crippen molar-refractivity contribution in [3.05, 3.63) is 29.3 Å². The molecular weight excluding hydrogens is 470 g/mol. The maximum absolute atomic E-state index is 15.2. The first-order chi connectivity index (χ1) is 16.5. The van der Waals surface area contributed by atoms with E-state index >= 15 is 4.39 Å². The number of carboxylic acid groups (broad SMARTS) is 1. The lowest BCUT2D eigenvalue weighted by molar-refractivity contribution is -0.142. The highest BCUT2D eigenvalue weighted by Gasteiger charge is 2.48. The van der Waals surface area contributed by atoms with Crippen molar-refractivity contribution in [3.63, 3.8) is 0 Å². The van der Waals surface area contributed by atoms with Crippen LogP contribution in [0.2, 0.25) is 0 Å². The molecule has 1 unspecified atom stereocenters. The van der Waals surface area contributed by atoms with Crippen LogP contribution in [0, 0.1) is 11.8 Å². The number of likely N-dealkylation sites (tertiary alicyclic amines) is 1. The predicted molar refractivity (Wildman–Crippen MR) is 120 cm³/mol. The topological polar surface area (TPSA) is 82.1 Å². The van der Waals surface area contributed by atoms with E-state index in [1.165, 1.54) is 18.1 Å².